The van der Waals surface area contributed by atoms with Crippen molar-refractivity contribution < 1.29 is 46.1 Å². The lowest BCUT2D eigenvalue weighted by atomic mass is 9.81. The van der Waals surface area contributed by atoms with Gasteiger partial charge in [-0.15, -0.1) is 0 Å². The number of carbonyl (C=O) groups is 2. The van der Waals surface area contributed by atoms with Crippen molar-refractivity contribution in [2.45, 2.75) is 30.7 Å². The summed E-state index contributed by atoms with van der Waals surface area (Å²) in [6, 6.07) is 8.97. The Morgan fingerprint density at radius 2 is 1.91 bits per heavy atom. The van der Waals surface area contributed by atoms with Crippen LogP contribution < -0.4 is 20.5 Å². The van der Waals surface area contributed by atoms with E-state index in [9.17, 15) is 36.6 Å². The number of methoxy groups -OCH3 is 1. The van der Waals surface area contributed by atoms with Gasteiger partial charge >= 0.3 is 12.7 Å². The second kappa shape index (κ2) is 10.9. The largest absolute Gasteiger partial charge is 0.494 e. The second-order valence-corrected chi connectivity index (χ2v) is 10.7. The number of rotatable bonds is 8. The van der Waals surface area contributed by atoms with Crippen LogP contribution in [0.5, 0.6) is 11.5 Å². The van der Waals surface area contributed by atoms with Crippen molar-refractivity contribution in [1.82, 2.24) is 20.1 Å². The van der Waals surface area contributed by atoms with E-state index in [1.165, 1.54) is 38.3 Å². The molecule has 44 heavy (non-hydrogen) atoms. The molecule has 0 fully saturated rings. The maximum atomic E-state index is 14.7. The SMILES string of the molecule is COc1cc(C(=O)NCC(O)(c2cc3c(c(-c4ccc(Cl)cc4)n2)OC[C@]3(C)C(N)=O)C(F)(F)F)cc2cn(C(F)F)nc12. The highest BCUT2D eigenvalue weighted by Gasteiger charge is 2.57. The zero-order chi connectivity index (χ0) is 32.2. The van der Waals surface area contributed by atoms with Crippen LogP contribution in [0.15, 0.2) is 48.7 Å². The first kappa shape index (κ1) is 30.9. The molecule has 1 aliphatic heterocycles. The zero-order valence-corrected chi connectivity index (χ0v) is 23.6. The van der Waals surface area contributed by atoms with Crippen molar-refractivity contribution in [3.63, 3.8) is 0 Å². The molecule has 0 spiro atoms. The summed E-state index contributed by atoms with van der Waals surface area (Å²) in [5.74, 6) is -2.08. The maximum Gasteiger partial charge on any atom is 0.424 e. The molecule has 3 heterocycles. The van der Waals surface area contributed by atoms with Crippen LogP contribution in [0.4, 0.5) is 22.0 Å². The van der Waals surface area contributed by atoms with Gasteiger partial charge in [0.05, 0.1) is 19.3 Å². The number of amides is 2. The Morgan fingerprint density at radius 3 is 2.50 bits per heavy atom. The highest BCUT2D eigenvalue weighted by molar-refractivity contribution is 6.30. The highest BCUT2D eigenvalue weighted by Crippen LogP contribution is 2.47. The van der Waals surface area contributed by atoms with E-state index in [4.69, 9.17) is 26.8 Å². The molecule has 2 aromatic carbocycles. The molecule has 0 saturated heterocycles. The van der Waals surface area contributed by atoms with Crippen molar-refractivity contribution in [3.8, 4) is 22.8 Å². The summed E-state index contributed by atoms with van der Waals surface area (Å²) < 4.78 is 81.4. The monoisotopic (exact) mass is 639 g/mol. The van der Waals surface area contributed by atoms with Gasteiger partial charge in [-0.05, 0) is 37.3 Å². The summed E-state index contributed by atoms with van der Waals surface area (Å²) >= 11 is 5.97. The van der Waals surface area contributed by atoms with Gasteiger partial charge in [-0.3, -0.25) is 9.59 Å². The molecule has 2 aromatic heterocycles. The molecule has 0 saturated carbocycles. The minimum Gasteiger partial charge on any atom is -0.494 e. The third-order valence-corrected chi connectivity index (χ3v) is 7.66. The van der Waals surface area contributed by atoms with E-state index in [-0.39, 0.29) is 51.4 Å². The van der Waals surface area contributed by atoms with Crippen molar-refractivity contribution in [2.24, 2.45) is 5.73 Å². The second-order valence-electron chi connectivity index (χ2n) is 10.3. The summed E-state index contributed by atoms with van der Waals surface area (Å²) in [6.45, 7) is -3.33. The molecule has 0 bridgehead atoms. The molecule has 0 aliphatic carbocycles. The number of halogens is 6. The first-order chi connectivity index (χ1) is 20.6. The molecular formula is C28H23ClF5N5O5. The summed E-state index contributed by atoms with van der Waals surface area (Å²) in [7, 11) is 1.20. The number of nitrogens with zero attached hydrogens (tertiary/aromatic N) is 3. The lowest BCUT2D eigenvalue weighted by Crippen LogP contribution is -2.51. The highest BCUT2D eigenvalue weighted by atomic mass is 35.5. The predicted molar refractivity (Wildman–Crippen MR) is 147 cm³/mol. The predicted octanol–water partition coefficient (Wildman–Crippen LogP) is 4.47. The number of carbonyl (C=O) groups excluding carboxylic acids is 2. The molecule has 1 aliphatic rings. The summed E-state index contributed by atoms with van der Waals surface area (Å²) in [6.07, 6.45) is -4.46. The Labute approximate surface area is 250 Å². The van der Waals surface area contributed by atoms with Crippen LogP contribution in [0.3, 0.4) is 0 Å². The van der Waals surface area contributed by atoms with E-state index in [1.807, 2.05) is 5.32 Å². The van der Waals surface area contributed by atoms with Gasteiger partial charge in [0, 0.05) is 33.3 Å². The Hall–Kier alpha value is -4.50. The molecule has 16 heteroatoms. The Bertz CT molecular complexity index is 1780. The lowest BCUT2D eigenvalue weighted by molar-refractivity contribution is -0.265. The third-order valence-electron chi connectivity index (χ3n) is 7.40. The Balaban J connectivity index is 1.57. The van der Waals surface area contributed by atoms with Gasteiger partial charge in [-0.2, -0.15) is 27.1 Å². The fraction of sp³-hybridized carbons (Fsp3) is 0.286. The molecule has 232 valence electrons. The molecule has 10 nitrogen and oxygen atoms in total. The summed E-state index contributed by atoms with van der Waals surface area (Å²) in [4.78, 5) is 29.6. The van der Waals surface area contributed by atoms with Crippen LogP contribution in [-0.4, -0.2) is 58.1 Å². The number of primary amides is 1. The van der Waals surface area contributed by atoms with Crippen LogP contribution in [0.25, 0.3) is 22.2 Å². The van der Waals surface area contributed by atoms with E-state index in [0.717, 1.165) is 24.4 Å². The normalized spacial score (nSPS) is 17.7. The number of nitrogens with one attached hydrogen (secondary N) is 1. The van der Waals surface area contributed by atoms with Gasteiger partial charge in [0.1, 0.15) is 34.7 Å². The van der Waals surface area contributed by atoms with Gasteiger partial charge < -0.3 is 25.6 Å². The van der Waals surface area contributed by atoms with E-state index < -0.39 is 47.8 Å². The van der Waals surface area contributed by atoms with Gasteiger partial charge in [-0.25, -0.2) is 9.67 Å². The smallest absolute Gasteiger partial charge is 0.424 e. The zero-order valence-electron chi connectivity index (χ0n) is 22.9. The van der Waals surface area contributed by atoms with Crippen LogP contribution >= 0.6 is 11.6 Å². The van der Waals surface area contributed by atoms with E-state index in [1.54, 1.807) is 0 Å². The number of aromatic nitrogens is 3. The van der Waals surface area contributed by atoms with Gasteiger partial charge in [0.25, 0.3) is 5.91 Å². The topological polar surface area (TPSA) is 142 Å². The molecule has 2 atom stereocenters. The van der Waals surface area contributed by atoms with Gasteiger partial charge in [-0.1, -0.05) is 23.7 Å². The average molecular weight is 640 g/mol. The average Bonchev–Trinajstić information content (AvgIpc) is 3.57. The van der Waals surface area contributed by atoms with Crippen LogP contribution in [0.2, 0.25) is 5.02 Å². The number of benzene rings is 2. The van der Waals surface area contributed by atoms with Crippen LogP contribution in [-0.2, 0) is 15.8 Å². The number of pyridine rings is 1. The number of fused-ring (bicyclic) bond motifs is 2. The van der Waals surface area contributed by atoms with Crippen molar-refractivity contribution in [1.29, 1.82) is 0 Å². The fourth-order valence-electron chi connectivity index (χ4n) is 4.76. The molecule has 4 N–H and O–H groups in total. The van der Waals surface area contributed by atoms with Gasteiger partial charge in [0.15, 0.2) is 0 Å². The maximum absolute atomic E-state index is 14.7. The molecule has 1 unspecified atom stereocenters. The molecule has 4 aromatic rings. The molecular weight excluding hydrogens is 617 g/mol. The number of nitrogens with two attached hydrogens (primary N) is 1. The number of hydrogen-bond donors (Lipinski definition) is 3. The van der Waals surface area contributed by atoms with Crippen LogP contribution in [0.1, 0.15) is 35.1 Å². The van der Waals surface area contributed by atoms with Gasteiger partial charge in [0.2, 0.25) is 11.5 Å². The summed E-state index contributed by atoms with van der Waals surface area (Å²) in [5.41, 5.74) is -0.880. The molecule has 0 radical (unpaired) electrons. The number of ether oxygens (including phenoxy) is 2. The van der Waals surface area contributed by atoms with Crippen LogP contribution in [0, 0.1) is 0 Å². The number of aliphatic hydroxyl groups is 1. The first-order valence-electron chi connectivity index (χ1n) is 12.8. The van der Waals surface area contributed by atoms with Crippen molar-refractivity contribution >= 4 is 34.3 Å². The molecule has 2 amide bonds. The summed E-state index contributed by atoms with van der Waals surface area (Å²) in [5, 5.41) is 17.3. The minimum absolute atomic E-state index is 0.00401. The Kier molecular flexibility index (Phi) is 7.66. The van der Waals surface area contributed by atoms with Crippen molar-refractivity contribution in [2.75, 3.05) is 20.3 Å². The van der Waals surface area contributed by atoms with Crippen molar-refractivity contribution in [3.05, 3.63) is 70.5 Å². The third kappa shape index (κ3) is 5.15. The standard InChI is InChI=1S/C28H23ClF5N5O5/c1-26(24(35)41)12-44-22-17(26)9-19(37-21(22)13-3-5-16(29)6-4-13)27(42,28(32,33)34)11-36-23(40)14-7-15-10-39(25(30)31)38-20(15)18(8-14)43-2/h3-10,25,42H,11-12H2,1-2H3,(H2,35,41)(H,36,40)/t26-,27?/m0/s1. The van der Waals surface area contributed by atoms with E-state index in [0.29, 0.717) is 9.70 Å². The first-order valence-corrected chi connectivity index (χ1v) is 13.1. The molecule has 5 rings (SSSR count). The quantitative estimate of drug-likeness (QED) is 0.242. The Morgan fingerprint density at radius 1 is 1.23 bits per heavy atom. The fourth-order valence-corrected chi connectivity index (χ4v) is 4.88. The van der Waals surface area contributed by atoms with E-state index >= 15 is 0 Å². The lowest BCUT2D eigenvalue weighted by Gasteiger charge is -2.31. The minimum atomic E-state index is -5.40. The van der Waals surface area contributed by atoms with E-state index in [2.05, 4.69) is 10.1 Å². The number of hydrogen-bond acceptors (Lipinski definition) is 7. The number of alkyl halides is 5.